The molecule has 0 aromatic carbocycles. The fourth-order valence-corrected chi connectivity index (χ4v) is 1.40. The minimum Gasteiger partial charge on any atom is -0.168 e. The third kappa shape index (κ3) is 1.32. The van der Waals surface area contributed by atoms with Crippen LogP contribution in [0.3, 0.4) is 0 Å². The van der Waals surface area contributed by atoms with Crippen LogP contribution in [0.5, 0.6) is 0 Å². The van der Waals surface area contributed by atoms with Gasteiger partial charge in [-0.3, -0.25) is 0 Å². The number of thiol groups is 1. The second kappa shape index (κ2) is 2.37. The van der Waals surface area contributed by atoms with Crippen LogP contribution in [-0.2, 0) is 0 Å². The minimum absolute atomic E-state index is 0.208. The van der Waals surface area contributed by atoms with E-state index in [-0.39, 0.29) is 4.75 Å². The standard InChI is InChI=1S/C8H14S/c1-7(2)8(9)5-3-4-6-8/h3,5,7,9H,4,6H2,1-2H3. The largest absolute Gasteiger partial charge is 0.168 e. The smallest absolute Gasteiger partial charge is 0.0334 e. The molecule has 0 amide bonds. The SMILES string of the molecule is CC(C)C1(S)C=CCC1. The van der Waals surface area contributed by atoms with Crippen molar-refractivity contribution in [3.8, 4) is 0 Å². The average molecular weight is 142 g/mol. The normalized spacial score (nSPS) is 34.2. The molecule has 0 radical (unpaired) electrons. The molecule has 0 bridgehead atoms. The highest BCUT2D eigenvalue weighted by molar-refractivity contribution is 7.82. The van der Waals surface area contributed by atoms with Gasteiger partial charge in [0.1, 0.15) is 0 Å². The molecule has 1 rings (SSSR count). The highest BCUT2D eigenvalue weighted by Gasteiger charge is 2.28. The van der Waals surface area contributed by atoms with Crippen molar-refractivity contribution in [1.29, 1.82) is 0 Å². The lowest BCUT2D eigenvalue weighted by Gasteiger charge is -2.25. The van der Waals surface area contributed by atoms with Crippen LogP contribution in [0.1, 0.15) is 26.7 Å². The fourth-order valence-electron chi connectivity index (χ4n) is 1.17. The quantitative estimate of drug-likeness (QED) is 0.422. The maximum atomic E-state index is 4.59. The van der Waals surface area contributed by atoms with Gasteiger partial charge in [0.05, 0.1) is 0 Å². The van der Waals surface area contributed by atoms with Crippen LogP contribution in [0, 0.1) is 5.92 Å². The van der Waals surface area contributed by atoms with Crippen LogP contribution in [0.25, 0.3) is 0 Å². The van der Waals surface area contributed by atoms with Gasteiger partial charge < -0.3 is 0 Å². The maximum absolute atomic E-state index is 4.59. The van der Waals surface area contributed by atoms with E-state index in [1.807, 2.05) is 0 Å². The Kier molecular flexibility index (Phi) is 1.90. The number of hydrogen-bond donors (Lipinski definition) is 1. The van der Waals surface area contributed by atoms with Crippen LogP contribution in [0.2, 0.25) is 0 Å². The minimum atomic E-state index is 0.208. The Morgan fingerprint density at radius 2 is 2.22 bits per heavy atom. The van der Waals surface area contributed by atoms with Crippen LogP contribution < -0.4 is 0 Å². The zero-order valence-electron chi connectivity index (χ0n) is 6.09. The van der Waals surface area contributed by atoms with Gasteiger partial charge in [0.25, 0.3) is 0 Å². The lowest BCUT2D eigenvalue weighted by atomic mass is 9.94. The van der Waals surface area contributed by atoms with Crippen molar-refractivity contribution in [2.24, 2.45) is 5.92 Å². The maximum Gasteiger partial charge on any atom is 0.0334 e. The molecule has 9 heavy (non-hydrogen) atoms. The Morgan fingerprint density at radius 1 is 1.56 bits per heavy atom. The van der Waals surface area contributed by atoms with Gasteiger partial charge in [-0.2, -0.15) is 12.6 Å². The first kappa shape index (κ1) is 7.20. The highest BCUT2D eigenvalue weighted by atomic mass is 32.1. The summed E-state index contributed by atoms with van der Waals surface area (Å²) in [6.45, 7) is 4.45. The van der Waals surface area contributed by atoms with Gasteiger partial charge in [-0.1, -0.05) is 26.0 Å². The average Bonchev–Trinajstić information content (AvgIpc) is 2.16. The third-order valence-electron chi connectivity index (χ3n) is 2.12. The van der Waals surface area contributed by atoms with Crippen molar-refractivity contribution in [3.05, 3.63) is 12.2 Å². The van der Waals surface area contributed by atoms with Crippen molar-refractivity contribution in [2.45, 2.75) is 31.4 Å². The van der Waals surface area contributed by atoms with Crippen molar-refractivity contribution in [1.82, 2.24) is 0 Å². The van der Waals surface area contributed by atoms with E-state index in [4.69, 9.17) is 0 Å². The zero-order chi connectivity index (χ0) is 6.91. The van der Waals surface area contributed by atoms with E-state index in [0.717, 1.165) is 0 Å². The predicted octanol–water partition coefficient (Wildman–Crippen LogP) is 2.66. The fraction of sp³-hybridized carbons (Fsp3) is 0.750. The van der Waals surface area contributed by atoms with Crippen molar-refractivity contribution in [3.63, 3.8) is 0 Å². The monoisotopic (exact) mass is 142 g/mol. The molecule has 0 aliphatic heterocycles. The van der Waals surface area contributed by atoms with Crippen molar-refractivity contribution < 1.29 is 0 Å². The molecule has 0 nitrogen and oxygen atoms in total. The van der Waals surface area contributed by atoms with E-state index in [1.54, 1.807) is 0 Å². The molecule has 0 aromatic heterocycles. The third-order valence-corrected chi connectivity index (χ3v) is 3.01. The zero-order valence-corrected chi connectivity index (χ0v) is 6.99. The number of allylic oxidation sites excluding steroid dienone is 1. The van der Waals surface area contributed by atoms with Gasteiger partial charge >= 0.3 is 0 Å². The van der Waals surface area contributed by atoms with Gasteiger partial charge in [0.15, 0.2) is 0 Å². The van der Waals surface area contributed by atoms with Crippen LogP contribution in [0.15, 0.2) is 12.2 Å². The molecule has 52 valence electrons. The predicted molar refractivity (Wildman–Crippen MR) is 44.9 cm³/mol. The second-order valence-corrected chi connectivity index (χ2v) is 3.92. The molecule has 0 heterocycles. The summed E-state index contributed by atoms with van der Waals surface area (Å²) in [6, 6.07) is 0. The summed E-state index contributed by atoms with van der Waals surface area (Å²) in [4.78, 5) is 0. The lowest BCUT2D eigenvalue weighted by molar-refractivity contribution is 0.507. The Hall–Kier alpha value is 0.0900. The highest BCUT2D eigenvalue weighted by Crippen LogP contribution is 2.35. The Morgan fingerprint density at radius 3 is 2.44 bits per heavy atom. The summed E-state index contributed by atoms with van der Waals surface area (Å²) in [7, 11) is 0. The summed E-state index contributed by atoms with van der Waals surface area (Å²) < 4.78 is 0.208. The summed E-state index contributed by atoms with van der Waals surface area (Å²) in [6.07, 6.45) is 6.89. The molecule has 1 unspecified atom stereocenters. The summed E-state index contributed by atoms with van der Waals surface area (Å²) in [5.74, 6) is 0.666. The molecule has 1 heteroatoms. The van der Waals surface area contributed by atoms with Gasteiger partial charge in [0, 0.05) is 4.75 Å². The number of hydrogen-bond acceptors (Lipinski definition) is 1. The summed E-state index contributed by atoms with van der Waals surface area (Å²) >= 11 is 4.59. The molecule has 0 aromatic rings. The van der Waals surface area contributed by atoms with Gasteiger partial charge in [-0.05, 0) is 18.8 Å². The Bertz CT molecular complexity index is 127. The first-order valence-electron chi connectivity index (χ1n) is 3.55. The van der Waals surface area contributed by atoms with E-state index in [2.05, 4.69) is 38.6 Å². The van der Waals surface area contributed by atoms with Crippen molar-refractivity contribution in [2.75, 3.05) is 0 Å². The molecule has 0 N–H and O–H groups in total. The van der Waals surface area contributed by atoms with Gasteiger partial charge in [-0.25, -0.2) is 0 Å². The van der Waals surface area contributed by atoms with Crippen LogP contribution >= 0.6 is 12.6 Å². The first-order valence-corrected chi connectivity index (χ1v) is 4.00. The Labute approximate surface area is 62.8 Å². The van der Waals surface area contributed by atoms with Crippen LogP contribution in [-0.4, -0.2) is 4.75 Å². The van der Waals surface area contributed by atoms with Gasteiger partial charge in [0.2, 0.25) is 0 Å². The van der Waals surface area contributed by atoms with Gasteiger partial charge in [-0.15, -0.1) is 0 Å². The summed E-state index contributed by atoms with van der Waals surface area (Å²) in [5, 5.41) is 0. The number of rotatable bonds is 1. The Balaban J connectivity index is 2.62. The molecule has 1 aliphatic carbocycles. The lowest BCUT2D eigenvalue weighted by Crippen LogP contribution is -2.22. The topological polar surface area (TPSA) is 0 Å². The molecule has 0 saturated heterocycles. The van der Waals surface area contributed by atoms with E-state index < -0.39 is 0 Å². The van der Waals surface area contributed by atoms with E-state index in [0.29, 0.717) is 5.92 Å². The second-order valence-electron chi connectivity index (χ2n) is 3.09. The molecular weight excluding hydrogens is 128 g/mol. The summed E-state index contributed by atoms with van der Waals surface area (Å²) in [5.41, 5.74) is 0. The molecule has 0 fully saturated rings. The van der Waals surface area contributed by atoms with E-state index in [1.165, 1.54) is 12.8 Å². The van der Waals surface area contributed by atoms with Crippen LogP contribution in [0.4, 0.5) is 0 Å². The molecule has 0 spiro atoms. The molecule has 0 saturated carbocycles. The van der Waals surface area contributed by atoms with Crippen molar-refractivity contribution >= 4 is 12.6 Å². The van der Waals surface area contributed by atoms with E-state index >= 15 is 0 Å². The first-order chi connectivity index (χ1) is 4.15. The molecule has 1 aliphatic rings. The molecular formula is C8H14S. The molecule has 1 atom stereocenters. The van der Waals surface area contributed by atoms with E-state index in [9.17, 15) is 0 Å².